The molecule has 0 bridgehead atoms. The monoisotopic (exact) mass is 382 g/mol. The fourth-order valence-electron chi connectivity index (χ4n) is 2.59. The summed E-state index contributed by atoms with van der Waals surface area (Å²) in [4.78, 5) is 26.3. The first-order valence-corrected chi connectivity index (χ1v) is 9.20. The maximum atomic E-state index is 12.5. The Morgan fingerprint density at radius 3 is 2.61 bits per heavy atom. The molecule has 0 saturated carbocycles. The number of ether oxygens (including phenoxy) is 2. The molecule has 0 unspecified atom stereocenters. The summed E-state index contributed by atoms with van der Waals surface area (Å²) in [7, 11) is 1.56. The van der Waals surface area contributed by atoms with Gasteiger partial charge >= 0.3 is 0 Å². The molecule has 0 heterocycles. The molecule has 2 aromatic rings. The topological polar surface area (TPSA) is 67.9 Å². The van der Waals surface area contributed by atoms with Gasteiger partial charge in [0.25, 0.3) is 0 Å². The van der Waals surface area contributed by atoms with Crippen LogP contribution in [0.4, 0.5) is 5.69 Å². The van der Waals surface area contributed by atoms with Crippen LogP contribution in [0.1, 0.15) is 19.4 Å². The number of methoxy groups -OCH3 is 1. The quantitative estimate of drug-likeness (QED) is 0.673. The van der Waals surface area contributed by atoms with Crippen LogP contribution in [-0.2, 0) is 9.59 Å². The average molecular weight is 382 g/mol. The van der Waals surface area contributed by atoms with Crippen molar-refractivity contribution in [3.8, 4) is 11.5 Å². The molecule has 6 heteroatoms. The van der Waals surface area contributed by atoms with Crippen molar-refractivity contribution in [2.75, 3.05) is 32.1 Å². The fourth-order valence-corrected chi connectivity index (χ4v) is 2.59. The van der Waals surface area contributed by atoms with Crippen LogP contribution in [0.3, 0.4) is 0 Å². The number of hydrogen-bond acceptors (Lipinski definition) is 4. The van der Waals surface area contributed by atoms with Gasteiger partial charge in [-0.25, -0.2) is 0 Å². The highest BCUT2D eigenvalue weighted by Crippen LogP contribution is 2.19. The predicted molar refractivity (Wildman–Crippen MR) is 111 cm³/mol. The van der Waals surface area contributed by atoms with Crippen LogP contribution in [0.25, 0.3) is 6.08 Å². The van der Waals surface area contributed by atoms with Crippen molar-refractivity contribution in [1.29, 1.82) is 0 Å². The number of nitrogens with zero attached hydrogens (tertiary/aromatic N) is 1. The van der Waals surface area contributed by atoms with Gasteiger partial charge in [0.05, 0.1) is 13.7 Å². The average Bonchev–Trinajstić information content (AvgIpc) is 2.71. The molecule has 2 aromatic carbocycles. The second-order valence-corrected chi connectivity index (χ2v) is 5.94. The molecule has 0 fully saturated rings. The molecule has 6 nitrogen and oxygen atoms in total. The van der Waals surface area contributed by atoms with Gasteiger partial charge in [-0.2, -0.15) is 0 Å². The Morgan fingerprint density at radius 2 is 1.89 bits per heavy atom. The van der Waals surface area contributed by atoms with E-state index in [1.807, 2.05) is 38.1 Å². The number of nitrogens with one attached hydrogen (secondary N) is 1. The highest BCUT2D eigenvalue weighted by molar-refractivity contribution is 5.98. The molecular formula is C22H26N2O4. The maximum Gasteiger partial charge on any atom is 0.247 e. The summed E-state index contributed by atoms with van der Waals surface area (Å²) < 4.78 is 10.7. The van der Waals surface area contributed by atoms with E-state index in [0.717, 1.165) is 5.56 Å². The third kappa shape index (κ3) is 6.16. The van der Waals surface area contributed by atoms with Crippen molar-refractivity contribution in [3.05, 3.63) is 60.2 Å². The zero-order valence-electron chi connectivity index (χ0n) is 16.5. The standard InChI is InChI=1S/C22H26N2O4/c1-4-24(16-21(25)23-18-10-8-11-19(15-18)27-3)22(26)14-13-17-9-6-7-12-20(17)28-5-2/h6-15H,4-5,16H2,1-3H3,(H,23,25)/b14-13+. The van der Waals surface area contributed by atoms with Crippen LogP contribution in [0.2, 0.25) is 0 Å². The molecule has 0 radical (unpaired) electrons. The van der Waals surface area contributed by atoms with Crippen molar-refractivity contribution < 1.29 is 19.1 Å². The Bertz CT molecular complexity index is 833. The second-order valence-electron chi connectivity index (χ2n) is 5.94. The Balaban J connectivity index is 2.00. The highest BCUT2D eigenvalue weighted by Gasteiger charge is 2.14. The van der Waals surface area contributed by atoms with E-state index in [1.165, 1.54) is 11.0 Å². The zero-order chi connectivity index (χ0) is 20.4. The summed E-state index contributed by atoms with van der Waals surface area (Å²) in [5.41, 5.74) is 1.43. The smallest absolute Gasteiger partial charge is 0.247 e. The van der Waals surface area contributed by atoms with Crippen LogP contribution < -0.4 is 14.8 Å². The molecule has 0 aliphatic heterocycles. The van der Waals surface area contributed by atoms with Crippen molar-refractivity contribution in [2.45, 2.75) is 13.8 Å². The Hall–Kier alpha value is -3.28. The number of benzene rings is 2. The van der Waals surface area contributed by atoms with Crippen LogP contribution in [0.5, 0.6) is 11.5 Å². The molecule has 0 aromatic heterocycles. The van der Waals surface area contributed by atoms with E-state index in [9.17, 15) is 9.59 Å². The van der Waals surface area contributed by atoms with Gasteiger partial charge in [0.2, 0.25) is 11.8 Å². The summed E-state index contributed by atoms with van der Waals surface area (Å²) in [6.07, 6.45) is 3.16. The Morgan fingerprint density at radius 1 is 1.11 bits per heavy atom. The van der Waals surface area contributed by atoms with Gasteiger partial charge in [-0.1, -0.05) is 24.3 Å². The summed E-state index contributed by atoms with van der Waals surface area (Å²) in [6, 6.07) is 14.6. The molecule has 0 saturated heterocycles. The molecule has 0 aliphatic carbocycles. The van der Waals surface area contributed by atoms with Crippen molar-refractivity contribution in [2.24, 2.45) is 0 Å². The SMILES string of the molecule is CCOc1ccccc1/C=C/C(=O)N(CC)CC(=O)Nc1cccc(OC)c1. The van der Waals surface area contributed by atoms with Gasteiger partial charge in [0.1, 0.15) is 18.0 Å². The highest BCUT2D eigenvalue weighted by atomic mass is 16.5. The lowest BCUT2D eigenvalue weighted by Gasteiger charge is -2.18. The number of hydrogen-bond donors (Lipinski definition) is 1. The van der Waals surface area contributed by atoms with Gasteiger partial charge in [0.15, 0.2) is 0 Å². The Kier molecular flexibility index (Phi) is 8.09. The molecule has 2 amide bonds. The number of likely N-dealkylation sites (N-methyl/N-ethyl adjacent to an activating group) is 1. The van der Waals surface area contributed by atoms with Crippen LogP contribution >= 0.6 is 0 Å². The van der Waals surface area contributed by atoms with E-state index in [-0.39, 0.29) is 18.4 Å². The van der Waals surface area contributed by atoms with Gasteiger partial charge in [-0.05, 0) is 38.1 Å². The van der Waals surface area contributed by atoms with Gasteiger partial charge < -0.3 is 19.7 Å². The minimum atomic E-state index is -0.272. The fraction of sp³-hybridized carbons (Fsp3) is 0.273. The van der Waals surface area contributed by atoms with Gasteiger partial charge in [-0.15, -0.1) is 0 Å². The largest absolute Gasteiger partial charge is 0.497 e. The number of rotatable bonds is 9. The molecule has 0 atom stereocenters. The predicted octanol–water partition coefficient (Wildman–Crippen LogP) is 3.59. The molecular weight excluding hydrogens is 356 g/mol. The van der Waals surface area contributed by atoms with E-state index in [1.54, 1.807) is 37.5 Å². The lowest BCUT2D eigenvalue weighted by molar-refractivity contribution is -0.130. The first-order chi connectivity index (χ1) is 13.6. The van der Waals surface area contributed by atoms with Gasteiger partial charge in [-0.3, -0.25) is 9.59 Å². The normalized spacial score (nSPS) is 10.5. The summed E-state index contributed by atoms with van der Waals surface area (Å²) in [6.45, 7) is 4.67. The number of para-hydroxylation sites is 1. The van der Waals surface area contributed by atoms with Crippen LogP contribution in [-0.4, -0.2) is 43.5 Å². The third-order valence-electron chi connectivity index (χ3n) is 4.01. The molecule has 1 N–H and O–H groups in total. The first-order valence-electron chi connectivity index (χ1n) is 9.20. The van der Waals surface area contributed by atoms with Crippen molar-refractivity contribution in [3.63, 3.8) is 0 Å². The number of amides is 2. The summed E-state index contributed by atoms with van der Waals surface area (Å²) in [5, 5.41) is 2.78. The molecule has 28 heavy (non-hydrogen) atoms. The minimum Gasteiger partial charge on any atom is -0.497 e. The van der Waals surface area contributed by atoms with E-state index >= 15 is 0 Å². The Labute approximate surface area is 165 Å². The summed E-state index contributed by atoms with van der Waals surface area (Å²) in [5.74, 6) is 0.853. The van der Waals surface area contributed by atoms with Gasteiger partial charge in [0, 0.05) is 29.9 Å². The third-order valence-corrected chi connectivity index (χ3v) is 4.01. The van der Waals surface area contributed by atoms with E-state index in [0.29, 0.717) is 30.3 Å². The van der Waals surface area contributed by atoms with E-state index in [4.69, 9.17) is 9.47 Å². The van der Waals surface area contributed by atoms with Crippen molar-refractivity contribution >= 4 is 23.6 Å². The molecule has 2 rings (SSSR count). The second kappa shape index (κ2) is 10.8. The summed E-state index contributed by atoms with van der Waals surface area (Å²) >= 11 is 0. The van der Waals surface area contributed by atoms with Crippen molar-refractivity contribution in [1.82, 2.24) is 4.90 Å². The maximum absolute atomic E-state index is 12.5. The zero-order valence-corrected chi connectivity index (χ0v) is 16.5. The number of anilines is 1. The van der Waals surface area contributed by atoms with E-state index in [2.05, 4.69) is 5.32 Å². The molecule has 148 valence electrons. The lowest BCUT2D eigenvalue weighted by atomic mass is 10.2. The molecule has 0 spiro atoms. The first kappa shape index (κ1) is 21.0. The lowest BCUT2D eigenvalue weighted by Crippen LogP contribution is -2.36. The minimum absolute atomic E-state index is 0.0377. The van der Waals surface area contributed by atoms with Crippen LogP contribution in [0.15, 0.2) is 54.6 Å². The number of carbonyl (C=O) groups is 2. The molecule has 0 aliphatic rings. The van der Waals surface area contributed by atoms with Crippen LogP contribution in [0, 0.1) is 0 Å². The van der Waals surface area contributed by atoms with E-state index < -0.39 is 0 Å². The number of carbonyl (C=O) groups excluding carboxylic acids is 2.